The quantitative estimate of drug-likeness (QED) is 0.497. The molecule has 0 bridgehead atoms. The van der Waals surface area contributed by atoms with Crippen LogP contribution in [0.3, 0.4) is 0 Å². The number of benzene rings is 1. The van der Waals surface area contributed by atoms with E-state index in [1.807, 2.05) is 19.9 Å². The summed E-state index contributed by atoms with van der Waals surface area (Å²) in [5, 5.41) is 7.19. The van der Waals surface area contributed by atoms with Crippen molar-refractivity contribution in [1.82, 2.24) is 20.4 Å². The first-order chi connectivity index (χ1) is 14.5. The molecule has 30 heavy (non-hydrogen) atoms. The SMILES string of the molecule is CCc1nc(OCC(=O)NCc2ccc(C)o2)c2c(-c3ccc(F)cc3)noc2n1. The molecule has 4 rings (SSSR count). The summed E-state index contributed by atoms with van der Waals surface area (Å²) in [4.78, 5) is 20.9. The summed E-state index contributed by atoms with van der Waals surface area (Å²) in [6, 6.07) is 9.40. The van der Waals surface area contributed by atoms with Crippen LogP contribution in [0.2, 0.25) is 0 Å². The molecule has 1 amide bonds. The Bertz CT molecular complexity index is 1180. The molecule has 0 saturated heterocycles. The average Bonchev–Trinajstić information content (AvgIpc) is 3.37. The molecular formula is C21H19FN4O4. The molecule has 0 atom stereocenters. The smallest absolute Gasteiger partial charge is 0.265 e. The third-order valence-corrected chi connectivity index (χ3v) is 4.38. The summed E-state index contributed by atoms with van der Waals surface area (Å²) in [5.41, 5.74) is 1.27. The number of hydrogen-bond donors (Lipinski definition) is 1. The Labute approximate surface area is 171 Å². The van der Waals surface area contributed by atoms with Crippen LogP contribution in [0.5, 0.6) is 5.88 Å². The number of hydrogen-bond acceptors (Lipinski definition) is 7. The number of rotatable bonds is 7. The first kappa shape index (κ1) is 19.6. The number of fused-ring (bicyclic) bond motifs is 1. The first-order valence-electron chi connectivity index (χ1n) is 9.40. The molecule has 0 fully saturated rings. The van der Waals surface area contributed by atoms with E-state index in [2.05, 4.69) is 20.4 Å². The van der Waals surface area contributed by atoms with Crippen molar-refractivity contribution >= 4 is 17.0 Å². The number of nitrogens with zero attached hydrogens (tertiary/aromatic N) is 3. The molecule has 0 saturated carbocycles. The van der Waals surface area contributed by atoms with Crippen molar-refractivity contribution in [2.45, 2.75) is 26.8 Å². The second kappa shape index (κ2) is 8.32. The topological polar surface area (TPSA) is 103 Å². The molecule has 0 aliphatic heterocycles. The second-order valence-electron chi connectivity index (χ2n) is 6.59. The lowest BCUT2D eigenvalue weighted by Crippen LogP contribution is -2.28. The Hall–Kier alpha value is -3.75. The van der Waals surface area contributed by atoms with Crippen molar-refractivity contribution in [3.63, 3.8) is 0 Å². The molecule has 154 valence electrons. The molecule has 8 nitrogen and oxygen atoms in total. The lowest BCUT2D eigenvalue weighted by molar-refractivity contribution is -0.123. The zero-order valence-corrected chi connectivity index (χ0v) is 16.4. The van der Waals surface area contributed by atoms with Crippen molar-refractivity contribution in [1.29, 1.82) is 0 Å². The van der Waals surface area contributed by atoms with Gasteiger partial charge in [0.15, 0.2) is 6.61 Å². The maximum Gasteiger partial charge on any atom is 0.265 e. The lowest BCUT2D eigenvalue weighted by atomic mass is 10.1. The molecule has 0 radical (unpaired) electrons. The van der Waals surface area contributed by atoms with Gasteiger partial charge in [-0.25, -0.2) is 4.39 Å². The molecule has 4 aromatic rings. The standard InChI is InChI=1S/C21H19FN4O4/c1-3-16-24-20(28-11-17(27)23-10-15-9-4-12(2)29-15)18-19(26-30-21(18)25-16)13-5-7-14(22)8-6-13/h4-9H,3,10-11H2,1-2H3,(H,23,27). The van der Waals surface area contributed by atoms with Gasteiger partial charge in [0.1, 0.15) is 34.2 Å². The summed E-state index contributed by atoms with van der Waals surface area (Å²) in [6.07, 6.45) is 0.545. The summed E-state index contributed by atoms with van der Waals surface area (Å²) in [6.45, 7) is 3.71. The molecule has 1 aromatic carbocycles. The van der Waals surface area contributed by atoms with E-state index in [1.54, 1.807) is 18.2 Å². The van der Waals surface area contributed by atoms with Crippen LogP contribution in [0.1, 0.15) is 24.3 Å². The normalized spacial score (nSPS) is 11.0. The van der Waals surface area contributed by atoms with E-state index < -0.39 is 0 Å². The average molecular weight is 410 g/mol. The predicted molar refractivity (Wildman–Crippen MR) is 105 cm³/mol. The van der Waals surface area contributed by atoms with Crippen molar-refractivity contribution in [3.8, 4) is 17.1 Å². The summed E-state index contributed by atoms with van der Waals surface area (Å²) < 4.78 is 29.7. The van der Waals surface area contributed by atoms with Gasteiger partial charge < -0.3 is 19.0 Å². The number of ether oxygens (including phenoxy) is 1. The molecule has 9 heteroatoms. The fourth-order valence-electron chi connectivity index (χ4n) is 2.88. The number of carbonyl (C=O) groups is 1. The van der Waals surface area contributed by atoms with Gasteiger partial charge in [-0.2, -0.15) is 9.97 Å². The summed E-state index contributed by atoms with van der Waals surface area (Å²) in [5.74, 6) is 1.39. The van der Waals surface area contributed by atoms with Gasteiger partial charge in [0.25, 0.3) is 11.6 Å². The van der Waals surface area contributed by atoms with Crippen LogP contribution in [0, 0.1) is 12.7 Å². The number of furan rings is 1. The molecule has 0 aliphatic rings. The third kappa shape index (κ3) is 4.14. The van der Waals surface area contributed by atoms with Gasteiger partial charge in [-0.05, 0) is 43.3 Å². The lowest BCUT2D eigenvalue weighted by Gasteiger charge is -2.08. The summed E-state index contributed by atoms with van der Waals surface area (Å²) in [7, 11) is 0. The fourth-order valence-corrected chi connectivity index (χ4v) is 2.88. The highest BCUT2D eigenvalue weighted by molar-refractivity contribution is 5.93. The molecule has 0 unspecified atom stereocenters. The van der Waals surface area contributed by atoms with E-state index in [9.17, 15) is 9.18 Å². The number of halogens is 1. The van der Waals surface area contributed by atoms with E-state index in [4.69, 9.17) is 13.7 Å². The van der Waals surface area contributed by atoms with E-state index in [-0.39, 0.29) is 36.5 Å². The van der Waals surface area contributed by atoms with Crippen LogP contribution in [0.4, 0.5) is 4.39 Å². The first-order valence-corrected chi connectivity index (χ1v) is 9.40. The fraction of sp³-hybridized carbons (Fsp3) is 0.238. The maximum atomic E-state index is 13.3. The van der Waals surface area contributed by atoms with E-state index >= 15 is 0 Å². The number of nitrogens with one attached hydrogen (secondary N) is 1. The van der Waals surface area contributed by atoms with E-state index in [0.717, 1.165) is 5.76 Å². The Balaban J connectivity index is 1.56. The minimum Gasteiger partial charge on any atom is -0.467 e. The monoisotopic (exact) mass is 410 g/mol. The predicted octanol–water partition coefficient (Wildman–Crippen LogP) is 3.58. The Kier molecular flexibility index (Phi) is 5.42. The largest absolute Gasteiger partial charge is 0.467 e. The van der Waals surface area contributed by atoms with Crippen LogP contribution < -0.4 is 10.1 Å². The Morgan fingerprint density at radius 3 is 2.67 bits per heavy atom. The van der Waals surface area contributed by atoms with Gasteiger partial charge in [-0.1, -0.05) is 12.1 Å². The highest BCUT2D eigenvalue weighted by Crippen LogP contribution is 2.33. The van der Waals surface area contributed by atoms with Crippen molar-refractivity contribution < 1.29 is 22.9 Å². The Morgan fingerprint density at radius 1 is 1.17 bits per heavy atom. The molecule has 0 spiro atoms. The minimum absolute atomic E-state index is 0.182. The zero-order chi connectivity index (χ0) is 21.1. The van der Waals surface area contributed by atoms with Crippen molar-refractivity contribution in [3.05, 3.63) is 59.6 Å². The summed E-state index contributed by atoms with van der Waals surface area (Å²) >= 11 is 0. The van der Waals surface area contributed by atoms with Gasteiger partial charge in [0.2, 0.25) is 5.88 Å². The third-order valence-electron chi connectivity index (χ3n) is 4.38. The maximum absolute atomic E-state index is 13.3. The number of aryl methyl sites for hydroxylation is 2. The number of amides is 1. The highest BCUT2D eigenvalue weighted by atomic mass is 19.1. The number of carbonyl (C=O) groups excluding carboxylic acids is 1. The van der Waals surface area contributed by atoms with Crippen LogP contribution in [0.25, 0.3) is 22.4 Å². The minimum atomic E-state index is -0.365. The molecule has 3 aromatic heterocycles. The van der Waals surface area contributed by atoms with E-state index in [0.29, 0.717) is 34.6 Å². The van der Waals surface area contributed by atoms with Crippen LogP contribution >= 0.6 is 0 Å². The van der Waals surface area contributed by atoms with Gasteiger partial charge in [-0.3, -0.25) is 4.79 Å². The number of aromatic nitrogens is 3. The molecule has 1 N–H and O–H groups in total. The second-order valence-corrected chi connectivity index (χ2v) is 6.59. The van der Waals surface area contributed by atoms with Gasteiger partial charge >= 0.3 is 0 Å². The molecule has 3 heterocycles. The van der Waals surface area contributed by atoms with Crippen LogP contribution in [0.15, 0.2) is 45.3 Å². The Morgan fingerprint density at radius 2 is 1.97 bits per heavy atom. The van der Waals surface area contributed by atoms with Crippen molar-refractivity contribution in [2.24, 2.45) is 0 Å². The molecular weight excluding hydrogens is 391 g/mol. The highest BCUT2D eigenvalue weighted by Gasteiger charge is 2.20. The molecule has 0 aliphatic carbocycles. The van der Waals surface area contributed by atoms with Crippen LogP contribution in [-0.2, 0) is 17.8 Å². The van der Waals surface area contributed by atoms with Gasteiger partial charge in [0.05, 0.1) is 6.54 Å². The van der Waals surface area contributed by atoms with Crippen molar-refractivity contribution in [2.75, 3.05) is 6.61 Å². The van der Waals surface area contributed by atoms with Gasteiger partial charge in [-0.15, -0.1) is 0 Å². The van der Waals surface area contributed by atoms with Gasteiger partial charge in [0, 0.05) is 12.0 Å². The van der Waals surface area contributed by atoms with E-state index in [1.165, 1.54) is 12.1 Å². The van der Waals surface area contributed by atoms with Crippen LogP contribution in [-0.4, -0.2) is 27.6 Å². The zero-order valence-electron chi connectivity index (χ0n) is 16.4.